The molecular weight excluding hydrogens is 389 g/mol. The summed E-state index contributed by atoms with van der Waals surface area (Å²) in [5.74, 6) is 0.0491. The fourth-order valence-electron chi connectivity index (χ4n) is 2.97. The van der Waals surface area contributed by atoms with E-state index in [2.05, 4.69) is 15.3 Å². The molecule has 3 aromatic rings. The van der Waals surface area contributed by atoms with Crippen LogP contribution in [0.2, 0.25) is 0 Å². The molecule has 1 amide bonds. The van der Waals surface area contributed by atoms with Gasteiger partial charge in [0.2, 0.25) is 5.89 Å². The summed E-state index contributed by atoms with van der Waals surface area (Å²) in [4.78, 5) is 20.4. The van der Waals surface area contributed by atoms with Crippen LogP contribution in [0.25, 0.3) is 22.4 Å². The normalized spacial score (nSPS) is 14.2. The van der Waals surface area contributed by atoms with Crippen LogP contribution in [0.15, 0.2) is 28.7 Å². The quantitative estimate of drug-likeness (QED) is 0.674. The van der Waals surface area contributed by atoms with Crippen molar-refractivity contribution in [2.24, 2.45) is 5.73 Å². The zero-order valence-electron chi connectivity index (χ0n) is 15.3. The van der Waals surface area contributed by atoms with Gasteiger partial charge >= 0.3 is 6.18 Å². The smallest absolute Gasteiger partial charge is 0.433 e. The number of hydrogen-bond donors (Lipinski definition) is 2. The summed E-state index contributed by atoms with van der Waals surface area (Å²) in [5, 5.41) is 3.16. The summed E-state index contributed by atoms with van der Waals surface area (Å²) < 4.78 is 50.1. The molecule has 152 valence electrons. The number of halogens is 3. The number of rotatable bonds is 5. The van der Waals surface area contributed by atoms with Gasteiger partial charge in [-0.25, -0.2) is 9.97 Å². The number of carbonyl (C=O) groups excluding carboxylic acids is 1. The van der Waals surface area contributed by atoms with Crippen molar-refractivity contribution in [3.63, 3.8) is 0 Å². The van der Waals surface area contributed by atoms with E-state index in [1.807, 2.05) is 0 Å². The van der Waals surface area contributed by atoms with Gasteiger partial charge in [-0.15, -0.1) is 0 Å². The number of ether oxygens (including phenoxy) is 1. The van der Waals surface area contributed by atoms with Crippen molar-refractivity contribution in [1.82, 2.24) is 15.3 Å². The molecule has 3 N–H and O–H groups in total. The van der Waals surface area contributed by atoms with Crippen molar-refractivity contribution in [2.45, 2.75) is 31.6 Å². The van der Waals surface area contributed by atoms with Crippen molar-refractivity contribution in [3.8, 4) is 17.2 Å². The van der Waals surface area contributed by atoms with Gasteiger partial charge in [0.05, 0.1) is 13.7 Å². The summed E-state index contributed by atoms with van der Waals surface area (Å²) in [5.41, 5.74) is 5.09. The van der Waals surface area contributed by atoms with E-state index in [1.54, 1.807) is 6.07 Å². The first-order chi connectivity index (χ1) is 13.8. The summed E-state index contributed by atoms with van der Waals surface area (Å²) >= 11 is 0. The summed E-state index contributed by atoms with van der Waals surface area (Å²) in [6.45, 7) is -0.0506. The number of amides is 1. The molecule has 29 heavy (non-hydrogen) atoms. The number of nitrogens with zero attached hydrogens (tertiary/aromatic N) is 2. The Balaban J connectivity index is 1.83. The molecule has 1 aliphatic rings. The highest BCUT2D eigenvalue weighted by Gasteiger charge is 2.33. The number of hydrogen-bond acceptors (Lipinski definition) is 6. The third-order valence-corrected chi connectivity index (χ3v) is 4.57. The van der Waals surface area contributed by atoms with Crippen LogP contribution >= 0.6 is 0 Å². The molecule has 0 unspecified atom stereocenters. The van der Waals surface area contributed by atoms with Crippen molar-refractivity contribution < 1.29 is 27.1 Å². The van der Waals surface area contributed by atoms with E-state index in [4.69, 9.17) is 14.9 Å². The van der Waals surface area contributed by atoms with Crippen LogP contribution in [-0.4, -0.2) is 29.0 Å². The lowest BCUT2D eigenvalue weighted by Crippen LogP contribution is -2.27. The molecule has 7 nitrogen and oxygen atoms in total. The number of aromatic nitrogens is 2. The largest absolute Gasteiger partial charge is 0.494 e. The highest BCUT2D eigenvalue weighted by molar-refractivity contribution is 5.98. The Bertz CT molecular complexity index is 1090. The van der Waals surface area contributed by atoms with Gasteiger partial charge < -0.3 is 20.2 Å². The van der Waals surface area contributed by atoms with Crippen LogP contribution in [0.3, 0.4) is 0 Å². The van der Waals surface area contributed by atoms with Gasteiger partial charge in [0.15, 0.2) is 11.5 Å². The summed E-state index contributed by atoms with van der Waals surface area (Å²) in [6, 6.07) is 5.34. The number of benzene rings is 1. The maximum atomic E-state index is 13.1. The number of nitrogens with two attached hydrogens (primary N) is 1. The molecule has 1 fully saturated rings. The third kappa shape index (κ3) is 3.63. The molecule has 2 aromatic heterocycles. The maximum absolute atomic E-state index is 13.1. The molecule has 0 bridgehead atoms. The van der Waals surface area contributed by atoms with Crippen LogP contribution in [0.5, 0.6) is 5.75 Å². The molecule has 0 radical (unpaired) electrons. The molecule has 0 atom stereocenters. The lowest BCUT2D eigenvalue weighted by atomic mass is 10.1. The second kappa shape index (κ2) is 7.03. The minimum Gasteiger partial charge on any atom is -0.494 e. The van der Waals surface area contributed by atoms with Gasteiger partial charge in [-0.05, 0) is 37.1 Å². The van der Waals surface area contributed by atoms with Gasteiger partial charge in [-0.2, -0.15) is 13.2 Å². The molecule has 1 aliphatic carbocycles. The molecule has 10 heteroatoms. The fraction of sp³-hybridized carbons (Fsp3) is 0.316. The minimum atomic E-state index is -4.60. The minimum absolute atomic E-state index is 0.0105. The highest BCUT2D eigenvalue weighted by atomic mass is 19.4. The van der Waals surface area contributed by atoms with E-state index < -0.39 is 17.8 Å². The zero-order valence-corrected chi connectivity index (χ0v) is 15.3. The molecule has 0 saturated heterocycles. The average Bonchev–Trinajstić information content (AvgIpc) is 3.40. The number of alkyl halides is 3. The van der Waals surface area contributed by atoms with Gasteiger partial charge in [-0.3, -0.25) is 4.79 Å². The molecule has 1 saturated carbocycles. The van der Waals surface area contributed by atoms with Crippen molar-refractivity contribution >= 4 is 16.8 Å². The van der Waals surface area contributed by atoms with Crippen LogP contribution in [-0.2, 0) is 12.7 Å². The first kappa shape index (κ1) is 19.2. The number of fused-ring (bicyclic) bond motifs is 1. The predicted molar refractivity (Wildman–Crippen MR) is 97.2 cm³/mol. The molecule has 2 heterocycles. The Morgan fingerprint density at radius 3 is 2.66 bits per heavy atom. The second-order valence-electron chi connectivity index (χ2n) is 6.65. The Morgan fingerprint density at radius 1 is 1.28 bits per heavy atom. The lowest BCUT2D eigenvalue weighted by Gasteiger charge is -2.11. The fourth-order valence-corrected chi connectivity index (χ4v) is 2.97. The van der Waals surface area contributed by atoms with Crippen molar-refractivity contribution in [3.05, 3.63) is 41.4 Å². The number of pyridine rings is 1. The van der Waals surface area contributed by atoms with Crippen LogP contribution in [0.1, 0.15) is 34.8 Å². The van der Waals surface area contributed by atoms with E-state index >= 15 is 0 Å². The lowest BCUT2D eigenvalue weighted by molar-refractivity contribution is -0.140. The molecule has 0 aliphatic heterocycles. The number of oxazole rings is 1. The van der Waals surface area contributed by atoms with E-state index in [0.29, 0.717) is 10.9 Å². The number of carbonyl (C=O) groups is 1. The standard InChI is InChI=1S/C19H17F3N4O3/c1-28-12-6-4-11(10-5-7-14(19(20,21)22)25-15(10)12)18-26-16(13(8-23)29-18)17(27)24-9-2-3-9/h4-7,9H,2-3,8,23H2,1H3,(H,24,27). The topological polar surface area (TPSA) is 103 Å². The van der Waals surface area contributed by atoms with E-state index in [-0.39, 0.29) is 41.2 Å². The van der Waals surface area contributed by atoms with Crippen LogP contribution < -0.4 is 15.8 Å². The SMILES string of the molecule is COc1ccc(-c2nc(C(=O)NC3CC3)c(CN)o2)c2ccc(C(F)(F)F)nc12. The molecule has 0 spiro atoms. The first-order valence-corrected chi connectivity index (χ1v) is 8.87. The summed E-state index contributed by atoms with van der Waals surface area (Å²) in [6.07, 6.45) is -2.78. The monoisotopic (exact) mass is 406 g/mol. The molecule has 1 aromatic carbocycles. The Kier molecular flexibility index (Phi) is 4.65. The highest BCUT2D eigenvalue weighted by Crippen LogP contribution is 2.37. The van der Waals surface area contributed by atoms with Crippen molar-refractivity contribution in [2.75, 3.05) is 7.11 Å². The molecular formula is C19H17F3N4O3. The predicted octanol–water partition coefficient (Wildman–Crippen LogP) is 3.27. The van der Waals surface area contributed by atoms with Gasteiger partial charge in [0, 0.05) is 17.0 Å². The Morgan fingerprint density at radius 2 is 2.03 bits per heavy atom. The third-order valence-electron chi connectivity index (χ3n) is 4.57. The zero-order chi connectivity index (χ0) is 20.8. The average molecular weight is 406 g/mol. The van der Waals surface area contributed by atoms with Gasteiger partial charge in [0.25, 0.3) is 5.91 Å². The van der Waals surface area contributed by atoms with E-state index in [1.165, 1.54) is 19.2 Å². The number of methoxy groups -OCH3 is 1. The Hall–Kier alpha value is -3.14. The van der Waals surface area contributed by atoms with Crippen molar-refractivity contribution in [1.29, 1.82) is 0 Å². The maximum Gasteiger partial charge on any atom is 0.433 e. The summed E-state index contributed by atoms with van der Waals surface area (Å²) in [7, 11) is 1.34. The van der Waals surface area contributed by atoms with Gasteiger partial charge in [-0.1, -0.05) is 0 Å². The Labute approximate surface area is 163 Å². The first-order valence-electron chi connectivity index (χ1n) is 8.87. The number of nitrogens with one attached hydrogen (secondary N) is 1. The van der Waals surface area contributed by atoms with Crippen LogP contribution in [0, 0.1) is 0 Å². The van der Waals surface area contributed by atoms with Crippen LogP contribution in [0.4, 0.5) is 13.2 Å². The van der Waals surface area contributed by atoms with Gasteiger partial charge in [0.1, 0.15) is 17.0 Å². The van der Waals surface area contributed by atoms with E-state index in [0.717, 1.165) is 18.9 Å². The second-order valence-corrected chi connectivity index (χ2v) is 6.65. The molecule has 4 rings (SSSR count). The van der Waals surface area contributed by atoms with E-state index in [9.17, 15) is 18.0 Å².